The molecule has 0 fully saturated rings. The zero-order valence-electron chi connectivity index (χ0n) is 10.6. The number of rotatable bonds is 3. The van der Waals surface area contributed by atoms with Crippen molar-refractivity contribution in [2.24, 2.45) is 10.4 Å². The first-order valence-corrected chi connectivity index (χ1v) is 6.12. The van der Waals surface area contributed by atoms with Crippen molar-refractivity contribution in [3.05, 3.63) is 35.4 Å². The Kier molecular flexibility index (Phi) is 3.85. The van der Waals surface area contributed by atoms with Crippen molar-refractivity contribution < 1.29 is 14.3 Å². The Morgan fingerprint density at radius 2 is 1.84 bits per heavy atom. The van der Waals surface area contributed by atoms with Crippen LogP contribution in [-0.2, 0) is 4.74 Å². The van der Waals surface area contributed by atoms with Gasteiger partial charge in [-0.05, 0) is 12.1 Å². The minimum atomic E-state index is -0.294. The summed E-state index contributed by atoms with van der Waals surface area (Å²) in [4.78, 5) is 25.5. The summed E-state index contributed by atoms with van der Waals surface area (Å²) < 4.78 is 8.45. The van der Waals surface area contributed by atoms with Gasteiger partial charge in [-0.2, -0.15) is 0 Å². The van der Waals surface area contributed by atoms with Crippen LogP contribution in [0.4, 0.5) is 0 Å². The van der Waals surface area contributed by atoms with Crippen molar-refractivity contribution in [2.75, 3.05) is 13.7 Å². The van der Waals surface area contributed by atoms with E-state index in [2.05, 4.69) is 4.51 Å². The maximum atomic E-state index is 12.1. The van der Waals surface area contributed by atoms with Crippen LogP contribution in [-0.4, -0.2) is 36.3 Å². The number of imide groups is 1. The van der Waals surface area contributed by atoms with E-state index in [9.17, 15) is 9.59 Å². The van der Waals surface area contributed by atoms with E-state index in [4.69, 9.17) is 16.5 Å². The number of ether oxygens (including phenoxy) is 1. The van der Waals surface area contributed by atoms with Gasteiger partial charge in [0.1, 0.15) is 0 Å². The highest BCUT2D eigenvalue weighted by Crippen LogP contribution is 2.23. The van der Waals surface area contributed by atoms with Crippen LogP contribution in [0.25, 0.3) is 0 Å². The van der Waals surface area contributed by atoms with E-state index in [1.165, 1.54) is 12.0 Å². The third kappa shape index (κ3) is 2.33. The second kappa shape index (κ2) is 5.40. The van der Waals surface area contributed by atoms with Crippen LogP contribution in [0.2, 0.25) is 0 Å². The number of fused-ring (bicyclic) bond motifs is 1. The molecule has 5 nitrogen and oxygen atoms in total. The highest BCUT2D eigenvalue weighted by atomic mass is 35.5. The largest absolute Gasteiger partial charge is 0.483 e. The van der Waals surface area contributed by atoms with E-state index < -0.39 is 0 Å². The van der Waals surface area contributed by atoms with Crippen LogP contribution in [0.15, 0.2) is 28.8 Å². The average molecular weight is 281 g/mol. The maximum absolute atomic E-state index is 12.1. The quantitative estimate of drug-likeness (QED) is 0.484. The van der Waals surface area contributed by atoms with Crippen LogP contribution < -0.4 is 0 Å². The topological polar surface area (TPSA) is 59.0 Å². The van der Waals surface area contributed by atoms with Gasteiger partial charge in [-0.1, -0.05) is 19.1 Å². The minimum Gasteiger partial charge on any atom is -0.483 e. The van der Waals surface area contributed by atoms with Gasteiger partial charge in [0.15, 0.2) is 0 Å². The van der Waals surface area contributed by atoms with Crippen molar-refractivity contribution in [3.8, 4) is 0 Å². The van der Waals surface area contributed by atoms with Gasteiger partial charge in [-0.25, -0.2) is 0 Å². The SMILES string of the molecule is COC(=NCl)C(C)CN1C(=O)c2ccccc2C1=O. The predicted octanol–water partition coefficient (Wildman–Crippen LogP) is 2.12. The van der Waals surface area contributed by atoms with Crippen LogP contribution in [0.1, 0.15) is 27.6 Å². The molecule has 1 atom stereocenters. The normalized spacial score (nSPS) is 16.6. The van der Waals surface area contributed by atoms with Crippen molar-refractivity contribution in [3.63, 3.8) is 0 Å². The van der Waals surface area contributed by atoms with Crippen LogP contribution in [0, 0.1) is 5.92 Å². The molecular formula is C13H13ClN2O3. The molecule has 1 aliphatic heterocycles. The molecule has 0 saturated heterocycles. The molecule has 1 heterocycles. The highest BCUT2D eigenvalue weighted by molar-refractivity contribution is 6.22. The molecule has 19 heavy (non-hydrogen) atoms. The van der Waals surface area contributed by atoms with E-state index in [0.717, 1.165) is 0 Å². The molecular weight excluding hydrogens is 268 g/mol. The van der Waals surface area contributed by atoms with Gasteiger partial charge in [0.25, 0.3) is 11.8 Å². The lowest BCUT2D eigenvalue weighted by Crippen LogP contribution is -2.36. The van der Waals surface area contributed by atoms with Gasteiger partial charge < -0.3 is 4.74 Å². The van der Waals surface area contributed by atoms with Gasteiger partial charge in [0.05, 0.1) is 24.2 Å². The molecule has 0 spiro atoms. The summed E-state index contributed by atoms with van der Waals surface area (Å²) in [6, 6.07) is 6.76. The van der Waals surface area contributed by atoms with Gasteiger partial charge in [-0.15, -0.1) is 4.51 Å². The molecule has 0 aromatic heterocycles. The molecule has 0 N–H and O–H groups in total. The lowest BCUT2D eigenvalue weighted by Gasteiger charge is -2.19. The minimum absolute atomic E-state index is 0.186. The fraction of sp³-hybridized carbons (Fsp3) is 0.308. The van der Waals surface area contributed by atoms with Gasteiger partial charge in [-0.3, -0.25) is 14.5 Å². The summed E-state index contributed by atoms with van der Waals surface area (Å²) in [6.45, 7) is 1.97. The van der Waals surface area contributed by atoms with Crippen molar-refractivity contribution in [1.82, 2.24) is 4.90 Å². The Labute approximate surface area is 115 Å². The summed E-state index contributed by atoms with van der Waals surface area (Å²) in [5.41, 5.74) is 0.864. The molecule has 6 heteroatoms. The first-order valence-electron chi connectivity index (χ1n) is 5.78. The molecule has 0 bridgehead atoms. The Bertz CT molecular complexity index is 522. The molecule has 1 unspecified atom stereocenters. The Morgan fingerprint density at radius 1 is 1.32 bits per heavy atom. The average Bonchev–Trinajstić information content (AvgIpc) is 2.66. The first-order chi connectivity index (χ1) is 9.10. The van der Waals surface area contributed by atoms with Crippen LogP contribution >= 0.6 is 11.8 Å². The summed E-state index contributed by atoms with van der Waals surface area (Å²) in [6.07, 6.45) is 0. The van der Waals surface area contributed by atoms with Gasteiger partial charge >= 0.3 is 0 Å². The number of benzene rings is 1. The Morgan fingerprint density at radius 3 is 2.26 bits per heavy atom. The van der Waals surface area contributed by atoms with Crippen LogP contribution in [0.3, 0.4) is 0 Å². The number of methoxy groups -OCH3 is 1. The smallest absolute Gasteiger partial charge is 0.261 e. The summed E-state index contributed by atoms with van der Waals surface area (Å²) >= 11 is 5.38. The second-order valence-corrected chi connectivity index (χ2v) is 4.46. The first kappa shape index (κ1) is 13.5. The van der Waals surface area contributed by atoms with E-state index >= 15 is 0 Å². The Balaban J connectivity index is 2.21. The monoisotopic (exact) mass is 280 g/mol. The summed E-state index contributed by atoms with van der Waals surface area (Å²) in [5, 5.41) is 0. The molecule has 0 radical (unpaired) electrons. The lowest BCUT2D eigenvalue weighted by atomic mass is 10.1. The predicted molar refractivity (Wildman–Crippen MR) is 71.3 cm³/mol. The van der Waals surface area contributed by atoms with Crippen molar-refractivity contribution in [2.45, 2.75) is 6.92 Å². The van der Waals surface area contributed by atoms with Gasteiger partial charge in [0, 0.05) is 18.3 Å². The third-order valence-corrected chi connectivity index (χ3v) is 3.22. The highest BCUT2D eigenvalue weighted by Gasteiger charge is 2.36. The number of hydrogen-bond donors (Lipinski definition) is 0. The maximum Gasteiger partial charge on any atom is 0.261 e. The number of carbonyl (C=O) groups is 2. The fourth-order valence-electron chi connectivity index (χ4n) is 2.08. The zero-order valence-corrected chi connectivity index (χ0v) is 11.3. The molecule has 100 valence electrons. The van der Waals surface area contributed by atoms with Gasteiger partial charge in [0.2, 0.25) is 5.90 Å². The summed E-state index contributed by atoms with van der Waals surface area (Å²) in [7, 11) is 1.44. The molecule has 1 aliphatic rings. The molecule has 1 aromatic carbocycles. The molecule has 2 rings (SSSR count). The van der Waals surface area contributed by atoms with E-state index in [1.54, 1.807) is 31.2 Å². The molecule has 0 aliphatic carbocycles. The molecule has 2 amide bonds. The molecule has 1 aromatic rings. The van der Waals surface area contributed by atoms with Crippen molar-refractivity contribution >= 4 is 29.5 Å². The number of hydrogen-bond acceptors (Lipinski definition) is 4. The number of amides is 2. The van der Waals surface area contributed by atoms with E-state index in [0.29, 0.717) is 17.0 Å². The third-order valence-electron chi connectivity index (χ3n) is 3.05. The number of carbonyl (C=O) groups excluding carboxylic acids is 2. The van der Waals surface area contributed by atoms with E-state index in [1.807, 2.05) is 0 Å². The standard InChI is InChI=1S/C13H13ClN2O3/c1-8(11(15-14)19-2)7-16-12(17)9-5-3-4-6-10(9)13(16)18/h3-6,8H,7H2,1-2H3. The lowest BCUT2D eigenvalue weighted by molar-refractivity contribution is 0.0641. The second-order valence-electron chi connectivity index (χ2n) is 4.29. The molecule has 0 saturated carbocycles. The number of halogens is 1. The number of nitrogens with zero attached hydrogens (tertiary/aromatic N) is 2. The van der Waals surface area contributed by atoms with E-state index in [-0.39, 0.29) is 24.3 Å². The van der Waals surface area contributed by atoms with Crippen molar-refractivity contribution in [1.29, 1.82) is 0 Å². The Hall–Kier alpha value is -1.88. The fourth-order valence-corrected chi connectivity index (χ4v) is 2.31. The van der Waals surface area contributed by atoms with Crippen LogP contribution in [0.5, 0.6) is 0 Å². The summed E-state index contributed by atoms with van der Waals surface area (Å²) in [5.74, 6) is -0.558. The zero-order chi connectivity index (χ0) is 14.0.